The quantitative estimate of drug-likeness (QED) is 0.535. The molecule has 13 heteroatoms. The van der Waals surface area contributed by atoms with Crippen LogP contribution in [0, 0.1) is 0 Å². The first-order valence-electron chi connectivity index (χ1n) is 7.90. The SMILES string of the molecule is CCS(=O)(=O)N(Cc1ncc(-c2nnc(C(F)F)o2)s1)c1cncc(OC)c1. The third-order valence-corrected chi connectivity index (χ3v) is 6.30. The molecule has 0 aliphatic carbocycles. The van der Waals surface area contributed by atoms with E-state index in [4.69, 9.17) is 9.15 Å². The van der Waals surface area contributed by atoms with Crippen molar-refractivity contribution in [3.63, 3.8) is 0 Å². The lowest BCUT2D eigenvalue weighted by Gasteiger charge is -2.22. The van der Waals surface area contributed by atoms with Gasteiger partial charge in [-0.25, -0.2) is 13.4 Å². The summed E-state index contributed by atoms with van der Waals surface area (Å²) >= 11 is 1.06. The van der Waals surface area contributed by atoms with E-state index >= 15 is 0 Å². The summed E-state index contributed by atoms with van der Waals surface area (Å²) in [6.45, 7) is 1.44. The Morgan fingerprint density at radius 2 is 2.07 bits per heavy atom. The zero-order valence-electron chi connectivity index (χ0n) is 14.7. The smallest absolute Gasteiger partial charge is 0.314 e. The van der Waals surface area contributed by atoms with Crippen LogP contribution < -0.4 is 9.04 Å². The Morgan fingerprint density at radius 1 is 1.29 bits per heavy atom. The minimum atomic E-state index is -3.65. The van der Waals surface area contributed by atoms with Gasteiger partial charge in [0.05, 0.1) is 43.7 Å². The van der Waals surface area contributed by atoms with Crippen LogP contribution in [0.1, 0.15) is 24.2 Å². The van der Waals surface area contributed by atoms with Crippen LogP contribution in [-0.2, 0) is 16.6 Å². The molecule has 0 saturated carbocycles. The van der Waals surface area contributed by atoms with Crippen LogP contribution in [0.4, 0.5) is 14.5 Å². The fourth-order valence-electron chi connectivity index (χ4n) is 2.19. The van der Waals surface area contributed by atoms with Crippen LogP contribution in [0.3, 0.4) is 0 Å². The number of sulfonamides is 1. The molecular formula is C15H15F2N5O4S2. The molecule has 3 rings (SSSR count). The molecule has 0 amide bonds. The Morgan fingerprint density at radius 3 is 2.71 bits per heavy atom. The lowest BCUT2D eigenvalue weighted by molar-refractivity contribution is 0.116. The second-order valence-electron chi connectivity index (χ2n) is 5.35. The molecule has 150 valence electrons. The summed E-state index contributed by atoms with van der Waals surface area (Å²) in [5.74, 6) is -0.627. The Balaban J connectivity index is 1.90. The summed E-state index contributed by atoms with van der Waals surface area (Å²) in [6, 6.07) is 1.54. The molecule has 0 bridgehead atoms. The molecule has 3 aromatic heterocycles. The standard InChI is InChI=1S/C15H15F2N5O4S2/c1-3-28(23,24)22(9-4-10(25-2)6-18-5-9)8-12-19-7-11(27-12)14-20-21-15(26-14)13(16)17/h4-7,13H,3,8H2,1-2H3. The molecule has 0 atom stereocenters. The summed E-state index contributed by atoms with van der Waals surface area (Å²) in [7, 11) is -2.20. The minimum absolute atomic E-state index is 0.0778. The zero-order valence-corrected chi connectivity index (χ0v) is 16.4. The number of rotatable bonds is 8. The van der Waals surface area contributed by atoms with E-state index in [2.05, 4.69) is 20.2 Å². The number of alkyl halides is 2. The van der Waals surface area contributed by atoms with Crippen LogP contribution in [0.5, 0.6) is 5.75 Å². The second-order valence-corrected chi connectivity index (χ2v) is 8.65. The summed E-state index contributed by atoms with van der Waals surface area (Å²) in [5.41, 5.74) is 0.315. The Kier molecular flexibility index (Phi) is 5.84. The molecule has 0 radical (unpaired) electrons. The van der Waals surface area contributed by atoms with Crippen molar-refractivity contribution in [2.24, 2.45) is 0 Å². The number of hydrogen-bond donors (Lipinski definition) is 0. The van der Waals surface area contributed by atoms with Crippen molar-refractivity contribution in [2.45, 2.75) is 19.9 Å². The predicted octanol–water partition coefficient (Wildman–Crippen LogP) is 2.89. The van der Waals surface area contributed by atoms with E-state index < -0.39 is 22.3 Å². The minimum Gasteiger partial charge on any atom is -0.495 e. The van der Waals surface area contributed by atoms with Crippen molar-refractivity contribution in [3.05, 3.63) is 35.6 Å². The molecule has 3 heterocycles. The lowest BCUT2D eigenvalue weighted by Crippen LogP contribution is -2.31. The average molecular weight is 431 g/mol. The molecule has 9 nitrogen and oxygen atoms in total. The highest BCUT2D eigenvalue weighted by molar-refractivity contribution is 7.92. The van der Waals surface area contributed by atoms with Crippen LogP contribution in [-0.4, -0.2) is 41.4 Å². The Labute approximate surface area is 163 Å². The van der Waals surface area contributed by atoms with Crippen molar-refractivity contribution in [3.8, 4) is 16.5 Å². The number of pyridine rings is 1. The van der Waals surface area contributed by atoms with Crippen LogP contribution >= 0.6 is 11.3 Å². The molecule has 0 aromatic carbocycles. The van der Waals surface area contributed by atoms with E-state index in [0.29, 0.717) is 21.3 Å². The van der Waals surface area contributed by atoms with E-state index in [1.165, 1.54) is 32.6 Å². The van der Waals surface area contributed by atoms with Crippen LogP contribution in [0.15, 0.2) is 29.1 Å². The van der Waals surface area contributed by atoms with E-state index in [9.17, 15) is 17.2 Å². The third kappa shape index (κ3) is 4.25. The highest BCUT2D eigenvalue weighted by Crippen LogP contribution is 2.30. The maximum Gasteiger partial charge on any atom is 0.314 e. The van der Waals surface area contributed by atoms with Crippen molar-refractivity contribution in [1.82, 2.24) is 20.2 Å². The van der Waals surface area contributed by atoms with Gasteiger partial charge >= 0.3 is 6.43 Å². The number of ether oxygens (including phenoxy) is 1. The first-order valence-corrected chi connectivity index (χ1v) is 10.3. The van der Waals surface area contributed by atoms with Crippen molar-refractivity contribution < 1.29 is 26.4 Å². The van der Waals surface area contributed by atoms with Gasteiger partial charge in [-0.2, -0.15) is 8.78 Å². The van der Waals surface area contributed by atoms with Crippen LogP contribution in [0.25, 0.3) is 10.8 Å². The molecule has 0 spiro atoms. The van der Waals surface area contributed by atoms with Gasteiger partial charge in [-0.15, -0.1) is 21.5 Å². The van der Waals surface area contributed by atoms with Gasteiger partial charge in [0, 0.05) is 6.07 Å². The molecule has 0 aliphatic rings. The molecular weight excluding hydrogens is 416 g/mol. The topological polar surface area (TPSA) is 111 Å². The van der Waals surface area contributed by atoms with Gasteiger partial charge in [0.2, 0.25) is 10.0 Å². The van der Waals surface area contributed by atoms with Crippen molar-refractivity contribution >= 4 is 27.0 Å². The van der Waals surface area contributed by atoms with Gasteiger partial charge < -0.3 is 9.15 Å². The molecule has 0 aliphatic heterocycles. The molecule has 0 unspecified atom stereocenters. The largest absolute Gasteiger partial charge is 0.495 e. The number of thiazole rings is 1. The van der Waals surface area contributed by atoms with Crippen molar-refractivity contribution in [1.29, 1.82) is 0 Å². The van der Waals surface area contributed by atoms with Gasteiger partial charge in [0.25, 0.3) is 11.8 Å². The van der Waals surface area contributed by atoms with E-state index in [-0.39, 0.29) is 18.2 Å². The summed E-state index contributed by atoms with van der Waals surface area (Å²) in [4.78, 5) is 8.49. The highest BCUT2D eigenvalue weighted by Gasteiger charge is 2.24. The number of halogens is 2. The summed E-state index contributed by atoms with van der Waals surface area (Å²) in [6.07, 6.45) is 1.35. The predicted molar refractivity (Wildman–Crippen MR) is 96.8 cm³/mol. The van der Waals surface area contributed by atoms with Gasteiger partial charge in [-0.1, -0.05) is 0 Å². The van der Waals surface area contributed by atoms with E-state index in [0.717, 1.165) is 15.6 Å². The van der Waals surface area contributed by atoms with Gasteiger partial charge in [0.15, 0.2) is 0 Å². The zero-order chi connectivity index (χ0) is 20.3. The molecule has 0 saturated heterocycles. The van der Waals surface area contributed by atoms with Gasteiger partial charge in [-0.3, -0.25) is 9.29 Å². The fraction of sp³-hybridized carbons (Fsp3) is 0.333. The molecule has 0 fully saturated rings. The van der Waals surface area contributed by atoms with Crippen molar-refractivity contribution in [2.75, 3.05) is 17.2 Å². The van der Waals surface area contributed by atoms with Gasteiger partial charge in [0.1, 0.15) is 15.6 Å². The number of aromatic nitrogens is 4. The highest BCUT2D eigenvalue weighted by atomic mass is 32.2. The lowest BCUT2D eigenvalue weighted by atomic mass is 10.4. The fourth-order valence-corrected chi connectivity index (χ4v) is 4.15. The number of nitrogens with zero attached hydrogens (tertiary/aromatic N) is 5. The maximum absolute atomic E-state index is 12.6. The summed E-state index contributed by atoms with van der Waals surface area (Å²) < 4.78 is 61.5. The van der Waals surface area contributed by atoms with E-state index in [1.807, 2.05) is 0 Å². The average Bonchev–Trinajstić information content (AvgIpc) is 3.35. The molecule has 3 aromatic rings. The first kappa shape index (κ1) is 20.1. The Bertz CT molecular complexity index is 1050. The second kappa shape index (κ2) is 8.14. The maximum atomic E-state index is 12.6. The normalized spacial score (nSPS) is 11.8. The van der Waals surface area contributed by atoms with Gasteiger partial charge in [-0.05, 0) is 6.92 Å². The summed E-state index contributed by atoms with van der Waals surface area (Å²) in [5, 5.41) is 7.24. The number of hydrogen-bond acceptors (Lipinski definition) is 9. The van der Waals surface area contributed by atoms with E-state index in [1.54, 1.807) is 6.07 Å². The van der Waals surface area contributed by atoms with Crippen LogP contribution in [0.2, 0.25) is 0 Å². The third-order valence-electron chi connectivity index (χ3n) is 3.59. The Hall–Kier alpha value is -2.67. The monoisotopic (exact) mass is 431 g/mol. The number of anilines is 1. The molecule has 28 heavy (non-hydrogen) atoms. The molecule has 0 N–H and O–H groups in total. The number of methoxy groups -OCH3 is 1. The first-order chi connectivity index (χ1) is 13.3.